The molecule has 5 rings (SSSR count). The lowest BCUT2D eigenvalue weighted by Gasteiger charge is -2.38. The number of sulfonamides is 1. The highest BCUT2D eigenvalue weighted by atomic mass is 32.2. The molecular formula is C25H26N2O7S. The predicted octanol–water partition coefficient (Wildman–Crippen LogP) is 2.97. The molecule has 0 unspecified atom stereocenters. The van der Waals surface area contributed by atoms with Crippen LogP contribution in [0.4, 0.5) is 0 Å². The maximum Gasteiger partial charge on any atom is 0.251 e. The van der Waals surface area contributed by atoms with Gasteiger partial charge in [0.05, 0.1) is 17.7 Å². The molecule has 2 N–H and O–H groups in total. The van der Waals surface area contributed by atoms with Gasteiger partial charge in [-0.3, -0.25) is 4.79 Å². The van der Waals surface area contributed by atoms with E-state index in [1.54, 1.807) is 12.1 Å². The molecule has 0 saturated carbocycles. The summed E-state index contributed by atoms with van der Waals surface area (Å²) < 4.78 is 49.3. The van der Waals surface area contributed by atoms with E-state index in [0.29, 0.717) is 42.6 Å². The largest absolute Gasteiger partial charge is 0.468 e. The van der Waals surface area contributed by atoms with Crippen molar-refractivity contribution in [3.05, 3.63) is 77.7 Å². The van der Waals surface area contributed by atoms with Crippen molar-refractivity contribution in [1.29, 1.82) is 0 Å². The summed E-state index contributed by atoms with van der Waals surface area (Å²) in [4.78, 5) is 13.0. The van der Waals surface area contributed by atoms with E-state index in [1.807, 2.05) is 18.2 Å². The molecule has 0 bridgehead atoms. The van der Waals surface area contributed by atoms with Crippen LogP contribution >= 0.6 is 0 Å². The van der Waals surface area contributed by atoms with Gasteiger partial charge in [0.15, 0.2) is 11.5 Å². The minimum atomic E-state index is -3.74. The number of furan rings is 1. The number of hydrogen-bond acceptors (Lipinski definition) is 7. The molecule has 184 valence electrons. The van der Waals surface area contributed by atoms with Crippen LogP contribution in [-0.4, -0.2) is 40.9 Å². The SMILES string of the molecule is O=C(NCC1(c2ccc3c(c2)OCO3)CCOCC1)c1ccc(S(=O)(=O)NCc2ccco2)cc1. The van der Waals surface area contributed by atoms with E-state index < -0.39 is 10.0 Å². The standard InChI is InChI=1S/C25H26N2O7S/c28-24(18-3-6-21(7-4-18)35(29,30)27-15-20-2-1-11-32-20)26-16-25(9-12-31-13-10-25)19-5-8-22-23(14-19)34-17-33-22/h1-8,11,14,27H,9-10,12-13,15-17H2,(H,26,28). The Bertz CT molecular complexity index is 1280. The van der Waals surface area contributed by atoms with Gasteiger partial charge >= 0.3 is 0 Å². The van der Waals surface area contributed by atoms with Crippen LogP contribution in [0, 0.1) is 0 Å². The lowest BCUT2D eigenvalue weighted by Crippen LogP contribution is -2.44. The van der Waals surface area contributed by atoms with Gasteiger partial charge in [0, 0.05) is 30.7 Å². The van der Waals surface area contributed by atoms with E-state index >= 15 is 0 Å². The number of nitrogens with one attached hydrogen (secondary N) is 2. The zero-order valence-corrected chi connectivity index (χ0v) is 19.8. The second-order valence-electron chi connectivity index (χ2n) is 8.57. The summed E-state index contributed by atoms with van der Waals surface area (Å²) in [6, 6.07) is 15.1. The molecule has 0 radical (unpaired) electrons. The first-order valence-corrected chi connectivity index (χ1v) is 12.8. The van der Waals surface area contributed by atoms with E-state index in [-0.39, 0.29) is 29.6 Å². The van der Waals surface area contributed by atoms with Crippen molar-refractivity contribution >= 4 is 15.9 Å². The first-order chi connectivity index (χ1) is 17.0. The molecule has 1 amide bonds. The van der Waals surface area contributed by atoms with Gasteiger partial charge in [-0.25, -0.2) is 13.1 Å². The van der Waals surface area contributed by atoms with Gasteiger partial charge in [-0.2, -0.15) is 0 Å². The monoisotopic (exact) mass is 498 g/mol. The third-order valence-electron chi connectivity index (χ3n) is 6.47. The first-order valence-electron chi connectivity index (χ1n) is 11.3. The van der Waals surface area contributed by atoms with Crippen molar-refractivity contribution in [2.75, 3.05) is 26.6 Å². The Balaban J connectivity index is 1.26. The maximum absolute atomic E-state index is 12.9. The van der Waals surface area contributed by atoms with E-state index in [0.717, 1.165) is 18.4 Å². The number of fused-ring (bicyclic) bond motifs is 1. The summed E-state index contributed by atoms with van der Waals surface area (Å²) in [6.45, 7) is 1.86. The highest BCUT2D eigenvalue weighted by molar-refractivity contribution is 7.89. The smallest absolute Gasteiger partial charge is 0.251 e. The van der Waals surface area contributed by atoms with Crippen molar-refractivity contribution in [1.82, 2.24) is 10.0 Å². The van der Waals surface area contributed by atoms with Crippen LogP contribution in [0.15, 0.2) is 70.2 Å². The normalized spacial score (nSPS) is 16.7. The summed E-state index contributed by atoms with van der Waals surface area (Å²) in [5.41, 5.74) is 1.14. The number of carbonyl (C=O) groups is 1. The molecule has 9 nitrogen and oxygen atoms in total. The minimum absolute atomic E-state index is 0.0449. The van der Waals surface area contributed by atoms with Gasteiger partial charge in [-0.15, -0.1) is 0 Å². The van der Waals surface area contributed by atoms with Gasteiger partial charge in [0.2, 0.25) is 16.8 Å². The van der Waals surface area contributed by atoms with Crippen molar-refractivity contribution in [2.24, 2.45) is 0 Å². The van der Waals surface area contributed by atoms with Crippen molar-refractivity contribution in [3.63, 3.8) is 0 Å². The fraction of sp³-hybridized carbons (Fsp3) is 0.320. The van der Waals surface area contributed by atoms with Crippen LogP contribution in [0.5, 0.6) is 11.5 Å². The molecular weight excluding hydrogens is 472 g/mol. The highest BCUT2D eigenvalue weighted by Gasteiger charge is 2.36. The average molecular weight is 499 g/mol. The van der Waals surface area contributed by atoms with Crippen LogP contribution in [0.25, 0.3) is 0 Å². The third-order valence-corrected chi connectivity index (χ3v) is 7.88. The van der Waals surface area contributed by atoms with Gasteiger partial charge in [0.1, 0.15) is 5.76 Å². The molecule has 1 saturated heterocycles. The van der Waals surface area contributed by atoms with Crippen LogP contribution in [0.2, 0.25) is 0 Å². The number of ether oxygens (including phenoxy) is 3. The number of carbonyl (C=O) groups excluding carboxylic acids is 1. The van der Waals surface area contributed by atoms with Crippen molar-refractivity contribution < 1.29 is 31.8 Å². The molecule has 35 heavy (non-hydrogen) atoms. The topological polar surface area (TPSA) is 116 Å². The summed E-state index contributed by atoms with van der Waals surface area (Å²) in [5, 5.41) is 3.03. The van der Waals surface area contributed by atoms with Gasteiger partial charge in [-0.1, -0.05) is 6.07 Å². The van der Waals surface area contributed by atoms with E-state index in [1.165, 1.54) is 30.5 Å². The molecule has 2 aliphatic heterocycles. The molecule has 0 atom stereocenters. The van der Waals surface area contributed by atoms with Gasteiger partial charge < -0.3 is 23.9 Å². The number of benzene rings is 2. The Kier molecular flexibility index (Phi) is 6.50. The summed E-state index contributed by atoms with van der Waals surface area (Å²) in [7, 11) is -3.74. The Morgan fingerprint density at radius 1 is 0.971 bits per heavy atom. The molecule has 3 heterocycles. The fourth-order valence-electron chi connectivity index (χ4n) is 4.36. The lowest BCUT2D eigenvalue weighted by atomic mass is 9.74. The van der Waals surface area contributed by atoms with Crippen LogP contribution in [-0.2, 0) is 26.7 Å². The van der Waals surface area contributed by atoms with Crippen LogP contribution in [0.3, 0.4) is 0 Å². The van der Waals surface area contributed by atoms with Gasteiger partial charge in [-0.05, 0) is 66.9 Å². The zero-order valence-electron chi connectivity index (χ0n) is 19.0. The van der Waals surface area contributed by atoms with Crippen LogP contribution in [0.1, 0.15) is 34.5 Å². The van der Waals surface area contributed by atoms with Crippen molar-refractivity contribution in [3.8, 4) is 11.5 Å². The third kappa shape index (κ3) is 5.04. The maximum atomic E-state index is 12.9. The zero-order chi connectivity index (χ0) is 24.3. The number of amides is 1. The van der Waals surface area contributed by atoms with E-state index in [4.69, 9.17) is 18.6 Å². The lowest BCUT2D eigenvalue weighted by molar-refractivity contribution is 0.0486. The average Bonchev–Trinajstić information content (AvgIpc) is 3.58. The number of rotatable bonds is 8. The Morgan fingerprint density at radius 2 is 1.74 bits per heavy atom. The molecule has 2 aromatic carbocycles. The quantitative estimate of drug-likeness (QED) is 0.491. The second-order valence-corrected chi connectivity index (χ2v) is 10.3. The first kappa shape index (κ1) is 23.4. The minimum Gasteiger partial charge on any atom is -0.468 e. The molecule has 0 aliphatic carbocycles. The molecule has 1 fully saturated rings. The summed E-state index contributed by atoms with van der Waals surface area (Å²) >= 11 is 0. The molecule has 10 heteroatoms. The second kappa shape index (κ2) is 9.73. The Morgan fingerprint density at radius 3 is 2.49 bits per heavy atom. The molecule has 0 spiro atoms. The van der Waals surface area contributed by atoms with E-state index in [2.05, 4.69) is 10.0 Å². The molecule has 3 aromatic rings. The summed E-state index contributed by atoms with van der Waals surface area (Å²) in [6.07, 6.45) is 2.99. The summed E-state index contributed by atoms with van der Waals surface area (Å²) in [5.74, 6) is 1.66. The Labute approximate surface area is 203 Å². The van der Waals surface area contributed by atoms with Crippen LogP contribution < -0.4 is 19.5 Å². The van der Waals surface area contributed by atoms with Crippen molar-refractivity contribution in [2.45, 2.75) is 29.7 Å². The van der Waals surface area contributed by atoms with Gasteiger partial charge in [0.25, 0.3) is 5.91 Å². The Hall–Kier alpha value is -3.34. The fourth-order valence-corrected chi connectivity index (χ4v) is 5.35. The molecule has 2 aliphatic rings. The highest BCUT2D eigenvalue weighted by Crippen LogP contribution is 2.40. The molecule has 1 aromatic heterocycles. The predicted molar refractivity (Wildman–Crippen MR) is 126 cm³/mol. The van der Waals surface area contributed by atoms with E-state index in [9.17, 15) is 13.2 Å². The number of hydrogen-bond donors (Lipinski definition) is 2.